The maximum Gasteiger partial charge on any atom is 0.337 e. The summed E-state index contributed by atoms with van der Waals surface area (Å²) in [5.74, 6) is 0.292. The molecular formula is C12H13NO3. The zero-order valence-corrected chi connectivity index (χ0v) is 9.27. The SMILES string of the molecule is CC(C)CC(=O)n1ccc2coc(=O)cc21. The van der Waals surface area contributed by atoms with Crippen molar-refractivity contribution in [3.63, 3.8) is 0 Å². The van der Waals surface area contributed by atoms with Gasteiger partial charge in [-0.25, -0.2) is 4.79 Å². The number of hydrogen-bond acceptors (Lipinski definition) is 3. The maximum absolute atomic E-state index is 11.9. The lowest BCUT2D eigenvalue weighted by Gasteiger charge is -2.05. The summed E-state index contributed by atoms with van der Waals surface area (Å²) in [6.07, 6.45) is 3.51. The number of hydrogen-bond donors (Lipinski definition) is 0. The Balaban J connectivity index is 2.49. The Hall–Kier alpha value is -1.84. The molecular weight excluding hydrogens is 206 g/mol. The van der Waals surface area contributed by atoms with E-state index in [2.05, 4.69) is 0 Å². The van der Waals surface area contributed by atoms with E-state index in [9.17, 15) is 9.59 Å². The molecule has 2 aromatic rings. The van der Waals surface area contributed by atoms with Gasteiger partial charge in [0.15, 0.2) is 0 Å². The molecule has 4 heteroatoms. The molecule has 0 spiro atoms. The van der Waals surface area contributed by atoms with Gasteiger partial charge >= 0.3 is 5.63 Å². The summed E-state index contributed by atoms with van der Waals surface area (Å²) in [4.78, 5) is 23.0. The van der Waals surface area contributed by atoms with Gasteiger partial charge in [0, 0.05) is 24.1 Å². The molecule has 0 amide bonds. The molecule has 0 bridgehead atoms. The van der Waals surface area contributed by atoms with Crippen LogP contribution in [-0.4, -0.2) is 10.5 Å². The van der Waals surface area contributed by atoms with Crippen molar-refractivity contribution in [2.45, 2.75) is 20.3 Å². The molecule has 0 saturated heterocycles. The Labute approximate surface area is 92.5 Å². The van der Waals surface area contributed by atoms with Gasteiger partial charge in [0.25, 0.3) is 0 Å². The quantitative estimate of drug-likeness (QED) is 0.778. The first-order valence-corrected chi connectivity index (χ1v) is 5.21. The topological polar surface area (TPSA) is 52.2 Å². The van der Waals surface area contributed by atoms with E-state index in [0.717, 1.165) is 5.39 Å². The van der Waals surface area contributed by atoms with Crippen LogP contribution in [0.3, 0.4) is 0 Å². The molecule has 0 aliphatic heterocycles. The first-order valence-electron chi connectivity index (χ1n) is 5.21. The van der Waals surface area contributed by atoms with Gasteiger partial charge in [-0.05, 0) is 12.0 Å². The van der Waals surface area contributed by atoms with Gasteiger partial charge in [0.2, 0.25) is 5.91 Å². The summed E-state index contributed by atoms with van der Waals surface area (Å²) in [5.41, 5.74) is 0.173. The summed E-state index contributed by atoms with van der Waals surface area (Å²) in [7, 11) is 0. The monoisotopic (exact) mass is 219 g/mol. The van der Waals surface area contributed by atoms with Crippen molar-refractivity contribution in [3.05, 3.63) is 35.0 Å². The van der Waals surface area contributed by atoms with Crippen molar-refractivity contribution in [3.8, 4) is 0 Å². The van der Waals surface area contributed by atoms with Crippen molar-refractivity contribution in [1.82, 2.24) is 4.57 Å². The minimum Gasteiger partial charge on any atom is -0.431 e. The van der Waals surface area contributed by atoms with E-state index < -0.39 is 5.63 Å². The zero-order chi connectivity index (χ0) is 11.7. The van der Waals surface area contributed by atoms with Crippen LogP contribution in [0.15, 0.2) is 33.8 Å². The Morgan fingerprint density at radius 1 is 1.50 bits per heavy atom. The van der Waals surface area contributed by atoms with Crippen molar-refractivity contribution in [1.29, 1.82) is 0 Å². The van der Waals surface area contributed by atoms with E-state index in [1.165, 1.54) is 16.9 Å². The van der Waals surface area contributed by atoms with E-state index in [1.54, 1.807) is 12.3 Å². The van der Waals surface area contributed by atoms with Gasteiger partial charge in [-0.3, -0.25) is 9.36 Å². The predicted octanol–water partition coefficient (Wildman–Crippen LogP) is 2.28. The van der Waals surface area contributed by atoms with Gasteiger partial charge in [-0.2, -0.15) is 0 Å². The van der Waals surface area contributed by atoms with Gasteiger partial charge in [0.1, 0.15) is 6.26 Å². The molecule has 0 radical (unpaired) electrons. The van der Waals surface area contributed by atoms with Crippen molar-refractivity contribution in [2.75, 3.05) is 0 Å². The van der Waals surface area contributed by atoms with Crippen LogP contribution in [-0.2, 0) is 0 Å². The van der Waals surface area contributed by atoms with Crippen molar-refractivity contribution >= 4 is 16.8 Å². The molecule has 0 atom stereocenters. The average molecular weight is 219 g/mol. The van der Waals surface area contributed by atoms with Gasteiger partial charge < -0.3 is 4.42 Å². The second-order valence-electron chi connectivity index (χ2n) is 4.22. The molecule has 2 aromatic heterocycles. The second-order valence-corrected chi connectivity index (χ2v) is 4.22. The van der Waals surface area contributed by atoms with Crippen LogP contribution in [0, 0.1) is 5.92 Å². The second kappa shape index (κ2) is 3.96. The van der Waals surface area contributed by atoms with Crippen LogP contribution in [0.2, 0.25) is 0 Å². The third kappa shape index (κ3) is 1.91. The molecule has 2 heterocycles. The Morgan fingerprint density at radius 2 is 2.25 bits per heavy atom. The first kappa shape index (κ1) is 10.7. The molecule has 0 fully saturated rings. The number of fused-ring (bicyclic) bond motifs is 1. The minimum atomic E-state index is -0.440. The number of rotatable bonds is 2. The van der Waals surface area contributed by atoms with Crippen LogP contribution in [0.1, 0.15) is 25.1 Å². The molecule has 0 aromatic carbocycles. The van der Waals surface area contributed by atoms with Gasteiger partial charge in [-0.1, -0.05) is 13.8 Å². The number of carbonyl (C=O) groups excluding carboxylic acids is 1. The predicted molar refractivity (Wildman–Crippen MR) is 60.6 cm³/mol. The van der Waals surface area contributed by atoms with Crippen LogP contribution in [0.4, 0.5) is 0 Å². The normalized spacial score (nSPS) is 11.2. The van der Waals surface area contributed by atoms with Crippen LogP contribution >= 0.6 is 0 Å². The average Bonchev–Trinajstić information content (AvgIpc) is 2.59. The van der Waals surface area contributed by atoms with E-state index in [-0.39, 0.29) is 5.91 Å². The van der Waals surface area contributed by atoms with Gasteiger partial charge in [0.05, 0.1) is 5.52 Å². The number of nitrogens with zero attached hydrogens (tertiary/aromatic N) is 1. The lowest BCUT2D eigenvalue weighted by atomic mass is 10.1. The third-order valence-corrected chi connectivity index (χ3v) is 2.37. The van der Waals surface area contributed by atoms with E-state index in [4.69, 9.17) is 4.42 Å². The first-order chi connectivity index (χ1) is 7.58. The number of aromatic nitrogens is 1. The Kier molecular flexibility index (Phi) is 2.64. The molecule has 84 valence electrons. The van der Waals surface area contributed by atoms with Crippen molar-refractivity contribution in [2.24, 2.45) is 5.92 Å². The molecule has 4 nitrogen and oxygen atoms in total. The lowest BCUT2D eigenvalue weighted by Crippen LogP contribution is -2.12. The summed E-state index contributed by atoms with van der Waals surface area (Å²) in [6, 6.07) is 3.10. The largest absolute Gasteiger partial charge is 0.431 e. The molecule has 0 aliphatic rings. The zero-order valence-electron chi connectivity index (χ0n) is 9.27. The molecule has 0 aliphatic carbocycles. The van der Waals surface area contributed by atoms with E-state index >= 15 is 0 Å². The molecule has 16 heavy (non-hydrogen) atoms. The summed E-state index contributed by atoms with van der Waals surface area (Å²) < 4.78 is 6.24. The fourth-order valence-electron chi connectivity index (χ4n) is 1.64. The lowest BCUT2D eigenvalue weighted by molar-refractivity contribution is 0.0892. The maximum atomic E-state index is 11.9. The standard InChI is InChI=1S/C12H13NO3/c1-8(2)5-11(14)13-4-3-9-7-16-12(15)6-10(9)13/h3-4,6-8H,5H2,1-2H3. The summed E-state index contributed by atoms with van der Waals surface area (Å²) in [6.45, 7) is 3.97. The van der Waals surface area contributed by atoms with Crippen molar-refractivity contribution < 1.29 is 9.21 Å². The smallest absolute Gasteiger partial charge is 0.337 e. The van der Waals surface area contributed by atoms with E-state index in [1.807, 2.05) is 13.8 Å². The summed E-state index contributed by atoms with van der Waals surface area (Å²) >= 11 is 0. The van der Waals surface area contributed by atoms with Crippen LogP contribution in [0.25, 0.3) is 10.9 Å². The fraction of sp³-hybridized carbons (Fsp3) is 0.333. The van der Waals surface area contributed by atoms with Gasteiger partial charge in [-0.15, -0.1) is 0 Å². The minimum absolute atomic E-state index is 0.00407. The molecule has 0 unspecified atom stereocenters. The number of carbonyl (C=O) groups is 1. The molecule has 0 saturated carbocycles. The Bertz CT molecular complexity index is 577. The fourth-order valence-corrected chi connectivity index (χ4v) is 1.64. The highest BCUT2D eigenvalue weighted by Crippen LogP contribution is 2.15. The Morgan fingerprint density at radius 3 is 2.94 bits per heavy atom. The van der Waals surface area contributed by atoms with Crippen LogP contribution < -0.4 is 5.63 Å². The highest BCUT2D eigenvalue weighted by molar-refractivity contribution is 5.91. The van der Waals surface area contributed by atoms with E-state index in [0.29, 0.717) is 17.9 Å². The highest BCUT2D eigenvalue weighted by Gasteiger charge is 2.11. The van der Waals surface area contributed by atoms with Crippen LogP contribution in [0.5, 0.6) is 0 Å². The highest BCUT2D eigenvalue weighted by atomic mass is 16.4. The third-order valence-electron chi connectivity index (χ3n) is 2.37. The molecule has 2 rings (SSSR count). The molecule has 0 N–H and O–H groups in total. The summed E-state index contributed by atoms with van der Waals surface area (Å²) in [5, 5.41) is 0.761.